The maximum atomic E-state index is 14.0. The van der Waals surface area contributed by atoms with Crippen LogP contribution in [-0.2, 0) is 22.7 Å². The van der Waals surface area contributed by atoms with Gasteiger partial charge >= 0.3 is 0 Å². The maximum absolute atomic E-state index is 14.0. The van der Waals surface area contributed by atoms with E-state index in [2.05, 4.69) is 27.0 Å². The molecule has 2 amide bonds. The lowest BCUT2D eigenvalue weighted by molar-refractivity contribution is -0.161. The predicted octanol–water partition coefficient (Wildman–Crippen LogP) is 2.53. The lowest BCUT2D eigenvalue weighted by atomic mass is 9.71. The molecule has 0 N–H and O–H groups in total. The summed E-state index contributed by atoms with van der Waals surface area (Å²) in [5, 5.41) is 0. The molecule has 0 spiro atoms. The van der Waals surface area contributed by atoms with Crippen molar-refractivity contribution in [2.75, 3.05) is 18.0 Å². The van der Waals surface area contributed by atoms with Gasteiger partial charge in [0, 0.05) is 50.8 Å². The van der Waals surface area contributed by atoms with Gasteiger partial charge in [-0.15, -0.1) is 0 Å². The standard InChI is InChI=1S/C25H29N5O2/c1-16-26-10-9-22(27-16)28-14-19-11-20(15-28)24(30-21(19)7-4-8-23(30)31)25(32)29-12-17-5-2-3-6-18(17)13-29/h2-3,5-6,9-10,19-21,24H,4,7-8,11-15H2,1H3/t19-,20+,21+,24-/m1/s1. The Bertz CT molecular complexity index is 1050. The quantitative estimate of drug-likeness (QED) is 0.731. The number of anilines is 1. The van der Waals surface area contributed by atoms with Crippen LogP contribution in [0.3, 0.4) is 0 Å². The average molecular weight is 432 g/mol. The minimum absolute atomic E-state index is 0.116. The number of nitrogens with zero attached hydrogens (tertiary/aromatic N) is 5. The topological polar surface area (TPSA) is 69.6 Å². The van der Waals surface area contributed by atoms with E-state index in [1.165, 1.54) is 11.1 Å². The highest BCUT2D eigenvalue weighted by atomic mass is 16.2. The van der Waals surface area contributed by atoms with Crippen molar-refractivity contribution in [3.05, 3.63) is 53.5 Å². The Kier molecular flexibility index (Phi) is 4.66. The van der Waals surface area contributed by atoms with Crippen molar-refractivity contribution in [1.82, 2.24) is 19.8 Å². The molecule has 4 aliphatic heterocycles. The van der Waals surface area contributed by atoms with Gasteiger partial charge in [-0.2, -0.15) is 0 Å². The van der Waals surface area contributed by atoms with Crippen LogP contribution in [0.4, 0.5) is 5.82 Å². The zero-order valence-corrected chi connectivity index (χ0v) is 18.5. The number of aryl methyl sites for hydroxylation is 1. The van der Waals surface area contributed by atoms with Gasteiger partial charge in [0.1, 0.15) is 17.7 Å². The fraction of sp³-hybridized carbons (Fsp3) is 0.520. The first kappa shape index (κ1) is 19.7. The largest absolute Gasteiger partial charge is 0.356 e. The summed E-state index contributed by atoms with van der Waals surface area (Å²) in [6.45, 7) is 4.83. The van der Waals surface area contributed by atoms with Crippen molar-refractivity contribution in [2.45, 2.75) is 57.8 Å². The maximum Gasteiger partial charge on any atom is 0.246 e. The normalized spacial score (nSPS) is 29.0. The highest BCUT2D eigenvalue weighted by Gasteiger charge is 2.53. The summed E-state index contributed by atoms with van der Waals surface area (Å²) in [4.78, 5) is 42.3. The molecular weight excluding hydrogens is 402 g/mol. The SMILES string of the molecule is Cc1nccc(N2C[C@H]3C[C@@H](C2)[C@H](C(=O)N2Cc4ccccc4C2)N2C(=O)CCC[C@@H]32)n1. The van der Waals surface area contributed by atoms with Gasteiger partial charge in [0.05, 0.1) is 0 Å². The van der Waals surface area contributed by atoms with Crippen molar-refractivity contribution in [3.8, 4) is 0 Å². The second kappa shape index (κ2) is 7.57. The van der Waals surface area contributed by atoms with Crippen LogP contribution < -0.4 is 4.90 Å². The molecule has 1 aromatic heterocycles. The van der Waals surface area contributed by atoms with Gasteiger partial charge in [0.15, 0.2) is 0 Å². The highest BCUT2D eigenvalue weighted by Crippen LogP contribution is 2.43. The number of carbonyl (C=O) groups excluding carboxylic acids is 2. The third-order valence-electron chi connectivity index (χ3n) is 7.83. The van der Waals surface area contributed by atoms with Gasteiger partial charge in [-0.25, -0.2) is 9.97 Å². The molecule has 5 heterocycles. The zero-order valence-electron chi connectivity index (χ0n) is 18.5. The van der Waals surface area contributed by atoms with Crippen LogP contribution >= 0.6 is 0 Å². The fourth-order valence-electron chi connectivity index (χ4n) is 6.46. The van der Waals surface area contributed by atoms with Crippen LogP contribution in [0, 0.1) is 18.8 Å². The first-order valence-electron chi connectivity index (χ1n) is 11.8. The monoisotopic (exact) mass is 431 g/mol. The first-order chi connectivity index (χ1) is 15.6. The van der Waals surface area contributed by atoms with Gasteiger partial charge in [-0.05, 0) is 49.3 Å². The summed E-state index contributed by atoms with van der Waals surface area (Å²) in [7, 11) is 0. The summed E-state index contributed by atoms with van der Waals surface area (Å²) >= 11 is 0. The van der Waals surface area contributed by atoms with Crippen molar-refractivity contribution < 1.29 is 9.59 Å². The van der Waals surface area contributed by atoms with Crippen molar-refractivity contribution >= 4 is 17.6 Å². The summed E-state index contributed by atoms with van der Waals surface area (Å²) in [5.74, 6) is 2.48. The molecule has 0 aliphatic carbocycles. The Morgan fingerprint density at radius 2 is 1.81 bits per heavy atom. The summed E-state index contributed by atoms with van der Waals surface area (Å²) in [6, 6.07) is 10.0. The molecule has 0 saturated carbocycles. The average Bonchev–Trinajstić information content (AvgIpc) is 3.24. The van der Waals surface area contributed by atoms with Crippen molar-refractivity contribution in [3.63, 3.8) is 0 Å². The Morgan fingerprint density at radius 3 is 2.56 bits per heavy atom. The second-order valence-electron chi connectivity index (χ2n) is 9.79. The molecule has 4 aliphatic rings. The van der Waals surface area contributed by atoms with E-state index >= 15 is 0 Å². The summed E-state index contributed by atoms with van der Waals surface area (Å²) in [6.07, 6.45) is 5.29. The Labute approximate surface area is 188 Å². The predicted molar refractivity (Wildman–Crippen MR) is 120 cm³/mol. The second-order valence-corrected chi connectivity index (χ2v) is 9.79. The van der Waals surface area contributed by atoms with Crippen LogP contribution in [0.25, 0.3) is 0 Å². The number of piperidine rings is 3. The Balaban J connectivity index is 1.32. The minimum atomic E-state index is -0.371. The molecule has 6 rings (SSSR count). The lowest BCUT2D eigenvalue weighted by Gasteiger charge is -2.56. The molecule has 166 valence electrons. The van der Waals surface area contributed by atoms with Gasteiger partial charge < -0.3 is 14.7 Å². The fourth-order valence-corrected chi connectivity index (χ4v) is 6.46. The number of hydrogen-bond acceptors (Lipinski definition) is 5. The van der Waals surface area contributed by atoms with E-state index in [1.54, 1.807) is 0 Å². The van der Waals surface area contributed by atoms with E-state index in [0.29, 0.717) is 25.4 Å². The van der Waals surface area contributed by atoms with Crippen LogP contribution in [0.5, 0.6) is 0 Å². The molecule has 7 nitrogen and oxygen atoms in total. The molecule has 2 bridgehead atoms. The van der Waals surface area contributed by atoms with Crippen molar-refractivity contribution in [1.29, 1.82) is 0 Å². The van der Waals surface area contributed by atoms with Gasteiger partial charge in [-0.1, -0.05) is 24.3 Å². The van der Waals surface area contributed by atoms with E-state index in [4.69, 9.17) is 0 Å². The third kappa shape index (κ3) is 3.17. The van der Waals surface area contributed by atoms with Crippen LogP contribution in [0.2, 0.25) is 0 Å². The molecule has 7 heteroatoms. The van der Waals surface area contributed by atoms with Crippen LogP contribution in [-0.4, -0.2) is 56.8 Å². The van der Waals surface area contributed by atoms with E-state index in [0.717, 1.165) is 44.0 Å². The lowest BCUT2D eigenvalue weighted by Crippen LogP contribution is -2.68. The molecule has 2 aromatic rings. The van der Waals surface area contributed by atoms with E-state index in [1.807, 2.05) is 41.1 Å². The van der Waals surface area contributed by atoms with Gasteiger partial charge in [0.2, 0.25) is 11.8 Å². The smallest absolute Gasteiger partial charge is 0.246 e. The molecular formula is C25H29N5O2. The number of carbonyl (C=O) groups is 2. The molecule has 0 radical (unpaired) electrons. The zero-order chi connectivity index (χ0) is 21.8. The first-order valence-corrected chi connectivity index (χ1v) is 11.8. The summed E-state index contributed by atoms with van der Waals surface area (Å²) < 4.78 is 0. The Morgan fingerprint density at radius 1 is 1.06 bits per heavy atom. The number of benzene rings is 1. The summed E-state index contributed by atoms with van der Waals surface area (Å²) in [5.41, 5.74) is 2.44. The van der Waals surface area contributed by atoms with Gasteiger partial charge in [-0.3, -0.25) is 9.59 Å². The van der Waals surface area contributed by atoms with E-state index < -0.39 is 0 Å². The van der Waals surface area contributed by atoms with Gasteiger partial charge in [0.25, 0.3) is 0 Å². The number of amides is 2. The molecule has 3 saturated heterocycles. The highest BCUT2D eigenvalue weighted by molar-refractivity contribution is 5.89. The number of aromatic nitrogens is 2. The molecule has 0 unspecified atom stereocenters. The minimum Gasteiger partial charge on any atom is -0.356 e. The number of rotatable bonds is 2. The van der Waals surface area contributed by atoms with Crippen LogP contribution in [0.15, 0.2) is 36.5 Å². The molecule has 4 atom stereocenters. The van der Waals surface area contributed by atoms with E-state index in [-0.39, 0.29) is 29.8 Å². The Hall–Kier alpha value is -2.96. The number of fused-ring (bicyclic) bond motifs is 5. The van der Waals surface area contributed by atoms with Crippen molar-refractivity contribution in [2.24, 2.45) is 11.8 Å². The van der Waals surface area contributed by atoms with Crippen LogP contribution in [0.1, 0.15) is 42.6 Å². The molecule has 32 heavy (non-hydrogen) atoms. The van der Waals surface area contributed by atoms with E-state index in [9.17, 15) is 9.59 Å². The molecule has 1 aromatic carbocycles. The third-order valence-corrected chi connectivity index (χ3v) is 7.83. The molecule has 3 fully saturated rings. The number of hydrogen-bond donors (Lipinski definition) is 0.